The van der Waals surface area contributed by atoms with Crippen molar-refractivity contribution in [2.24, 2.45) is 0 Å². The van der Waals surface area contributed by atoms with Gasteiger partial charge < -0.3 is 48.3 Å². The predicted octanol–water partition coefficient (Wildman–Crippen LogP) is 8.23. The van der Waals surface area contributed by atoms with Gasteiger partial charge in [-0.05, 0) is 86.7 Å². The van der Waals surface area contributed by atoms with Crippen LogP contribution in [0.4, 0.5) is 5.69 Å². The lowest BCUT2D eigenvalue weighted by atomic mass is 10.0. The van der Waals surface area contributed by atoms with Crippen molar-refractivity contribution in [2.45, 2.75) is 38.8 Å². The highest BCUT2D eigenvalue weighted by molar-refractivity contribution is 6.02. The Morgan fingerprint density at radius 3 is 2.02 bits per heavy atom. The molecule has 2 heterocycles. The van der Waals surface area contributed by atoms with Gasteiger partial charge in [0.25, 0.3) is 5.91 Å². The van der Waals surface area contributed by atoms with E-state index in [-0.39, 0.29) is 12.1 Å². The van der Waals surface area contributed by atoms with Crippen molar-refractivity contribution in [3.63, 3.8) is 0 Å². The number of methoxy groups -OCH3 is 5. The average molecular weight is 724 g/mol. The van der Waals surface area contributed by atoms with E-state index in [2.05, 4.69) is 15.8 Å². The third kappa shape index (κ3) is 8.22. The number of nitrogens with zero attached hydrogens (tertiary/aromatic N) is 1. The number of fused-ring (bicyclic) bond motifs is 1. The van der Waals surface area contributed by atoms with Crippen LogP contribution in [0.15, 0.2) is 77.3 Å². The summed E-state index contributed by atoms with van der Waals surface area (Å²) < 4.78 is 45.8. The van der Waals surface area contributed by atoms with Crippen LogP contribution >= 0.6 is 0 Å². The van der Waals surface area contributed by atoms with Crippen molar-refractivity contribution >= 4 is 11.6 Å². The molecule has 0 spiro atoms. The molecule has 6 rings (SSSR count). The first-order valence-corrected chi connectivity index (χ1v) is 17.4. The molecule has 0 aliphatic carbocycles. The van der Waals surface area contributed by atoms with Gasteiger partial charge in [-0.25, -0.2) is 0 Å². The number of nitrogens with one attached hydrogen (secondary N) is 2. The average Bonchev–Trinajstić information content (AvgIpc) is 3.68. The third-order valence-electron chi connectivity index (χ3n) is 8.99. The van der Waals surface area contributed by atoms with Gasteiger partial charge in [0.1, 0.15) is 11.9 Å². The van der Waals surface area contributed by atoms with E-state index < -0.39 is 0 Å². The summed E-state index contributed by atoms with van der Waals surface area (Å²) in [6.45, 7) is 3.05. The molecule has 5 aromatic rings. The molecule has 12 heteroatoms. The van der Waals surface area contributed by atoms with Crippen molar-refractivity contribution in [1.29, 1.82) is 0 Å². The maximum Gasteiger partial charge on any atom is 0.255 e. The second kappa shape index (κ2) is 17.0. The van der Waals surface area contributed by atoms with Crippen LogP contribution in [0.3, 0.4) is 0 Å². The summed E-state index contributed by atoms with van der Waals surface area (Å²) in [5.41, 5.74) is 5.41. The van der Waals surface area contributed by atoms with E-state index in [0.29, 0.717) is 70.5 Å². The highest BCUT2D eigenvalue weighted by Crippen LogP contribution is 2.43. The molecule has 2 N–H and O–H groups in total. The molecular weight excluding hydrogens is 678 g/mol. The van der Waals surface area contributed by atoms with Gasteiger partial charge in [-0.1, -0.05) is 28.9 Å². The Kier molecular flexibility index (Phi) is 11.8. The molecule has 0 fully saturated rings. The highest BCUT2D eigenvalue weighted by atomic mass is 16.5. The van der Waals surface area contributed by atoms with Crippen LogP contribution in [0.25, 0.3) is 22.6 Å². The van der Waals surface area contributed by atoms with Gasteiger partial charge in [-0.3, -0.25) is 4.79 Å². The molecule has 0 radical (unpaired) electrons. The largest absolute Gasteiger partial charge is 0.493 e. The maximum atomic E-state index is 12.7. The van der Waals surface area contributed by atoms with Gasteiger partial charge in [-0.15, -0.1) is 0 Å². The second-order valence-corrected chi connectivity index (χ2v) is 12.4. The zero-order valence-corrected chi connectivity index (χ0v) is 30.9. The minimum Gasteiger partial charge on any atom is -0.493 e. The number of rotatable bonds is 17. The monoisotopic (exact) mass is 723 g/mol. The SMILES string of the molecule is COc1cc(C2NC(=O)c3cc(C)ccc3N2)ccc1OCCCCCCOc1cccc(-c2cc(-c3cc(OC)c(OC)c(OC)c3)on2)c1OC. The molecule has 0 saturated carbocycles. The van der Waals surface area contributed by atoms with Crippen molar-refractivity contribution in [1.82, 2.24) is 10.5 Å². The van der Waals surface area contributed by atoms with E-state index >= 15 is 0 Å². The van der Waals surface area contributed by atoms with E-state index in [1.54, 1.807) is 47.7 Å². The second-order valence-electron chi connectivity index (χ2n) is 12.4. The summed E-state index contributed by atoms with van der Waals surface area (Å²) in [5.74, 6) is 4.41. The molecule has 1 atom stereocenters. The van der Waals surface area contributed by atoms with Crippen molar-refractivity contribution in [2.75, 3.05) is 54.1 Å². The molecule has 0 saturated heterocycles. The first kappa shape index (κ1) is 36.7. The van der Waals surface area contributed by atoms with Gasteiger partial charge in [0, 0.05) is 22.9 Å². The molecule has 1 amide bonds. The van der Waals surface area contributed by atoms with Gasteiger partial charge >= 0.3 is 0 Å². The number of hydrogen-bond acceptors (Lipinski definition) is 11. The normalized spacial score (nSPS) is 13.3. The van der Waals surface area contributed by atoms with E-state index in [9.17, 15) is 4.79 Å². The Hall–Kier alpha value is -6.04. The standard InChI is InChI=1S/C41H45N3O9/c1-25-14-16-30-29(20-25)41(45)43-40(42-30)26-15-17-32(35(21-26)46-2)51-18-9-7-8-10-19-52-33-13-11-12-28(38(33)49-5)31-24-34(53-44-31)27-22-36(47-3)39(50-6)37(23-27)48-4/h11-17,20-24,40,42H,7-10,18-19H2,1-6H3,(H,43,45). The van der Waals surface area contributed by atoms with Gasteiger partial charge in [0.05, 0.1) is 54.3 Å². The summed E-state index contributed by atoms with van der Waals surface area (Å²) in [7, 11) is 7.91. The molecule has 4 aromatic carbocycles. The third-order valence-corrected chi connectivity index (χ3v) is 8.99. The molecular formula is C41H45N3O9. The number of para-hydroxylation sites is 1. The fourth-order valence-electron chi connectivity index (χ4n) is 6.25. The topological polar surface area (TPSA) is 132 Å². The lowest BCUT2D eigenvalue weighted by molar-refractivity contribution is 0.0935. The van der Waals surface area contributed by atoms with Crippen LogP contribution < -0.4 is 43.8 Å². The summed E-state index contributed by atoms with van der Waals surface area (Å²) >= 11 is 0. The van der Waals surface area contributed by atoms with Crippen LogP contribution in [0, 0.1) is 6.92 Å². The Morgan fingerprint density at radius 1 is 0.642 bits per heavy atom. The lowest BCUT2D eigenvalue weighted by Gasteiger charge is -2.28. The quantitative estimate of drug-likeness (QED) is 0.0900. The first-order valence-electron chi connectivity index (χ1n) is 17.4. The van der Waals surface area contributed by atoms with Crippen molar-refractivity contribution < 1.29 is 42.5 Å². The summed E-state index contributed by atoms with van der Waals surface area (Å²) in [6.07, 6.45) is 3.31. The number of amides is 1. The van der Waals surface area contributed by atoms with Gasteiger partial charge in [0.2, 0.25) is 5.75 Å². The molecule has 1 aliphatic heterocycles. The van der Waals surface area contributed by atoms with Crippen LogP contribution in [0.1, 0.15) is 53.3 Å². The fraction of sp³-hybridized carbons (Fsp3) is 0.317. The van der Waals surface area contributed by atoms with E-state index in [1.807, 2.05) is 67.6 Å². The Balaban J connectivity index is 0.978. The highest BCUT2D eigenvalue weighted by Gasteiger charge is 2.26. The number of ether oxygens (including phenoxy) is 7. The van der Waals surface area contributed by atoms with Crippen LogP contribution in [-0.2, 0) is 0 Å². The van der Waals surface area contributed by atoms with Crippen molar-refractivity contribution in [3.05, 3.63) is 89.5 Å². The first-order chi connectivity index (χ1) is 25.9. The molecule has 1 aliphatic rings. The molecule has 12 nitrogen and oxygen atoms in total. The van der Waals surface area contributed by atoms with E-state index in [4.69, 9.17) is 37.7 Å². The summed E-state index contributed by atoms with van der Waals surface area (Å²) in [5, 5.41) is 10.7. The summed E-state index contributed by atoms with van der Waals surface area (Å²) in [6, 6.07) is 22.7. The zero-order chi connectivity index (χ0) is 37.3. The number of carbonyl (C=O) groups excluding carboxylic acids is 1. The number of anilines is 1. The fourth-order valence-corrected chi connectivity index (χ4v) is 6.25. The number of hydrogen-bond donors (Lipinski definition) is 2. The van der Waals surface area contributed by atoms with Crippen LogP contribution in [-0.4, -0.2) is 59.8 Å². The zero-order valence-electron chi connectivity index (χ0n) is 30.9. The molecule has 1 unspecified atom stereocenters. The van der Waals surface area contributed by atoms with Crippen LogP contribution in [0.2, 0.25) is 0 Å². The molecule has 53 heavy (non-hydrogen) atoms. The Labute approximate surface area is 309 Å². The number of benzene rings is 4. The minimum atomic E-state index is -0.374. The number of unbranched alkanes of at least 4 members (excludes halogenated alkanes) is 3. The Bertz CT molecular complexity index is 2020. The number of carbonyl (C=O) groups is 1. The number of aromatic nitrogens is 1. The summed E-state index contributed by atoms with van der Waals surface area (Å²) in [4.78, 5) is 12.7. The van der Waals surface area contributed by atoms with Gasteiger partial charge in [-0.2, -0.15) is 0 Å². The molecule has 0 bridgehead atoms. The smallest absolute Gasteiger partial charge is 0.255 e. The lowest BCUT2D eigenvalue weighted by Crippen LogP contribution is -2.38. The minimum absolute atomic E-state index is 0.111. The molecule has 1 aromatic heterocycles. The number of aryl methyl sites for hydroxylation is 1. The van der Waals surface area contributed by atoms with Crippen molar-refractivity contribution in [3.8, 4) is 62.8 Å². The molecule has 278 valence electrons. The van der Waals surface area contributed by atoms with Gasteiger partial charge in [0.15, 0.2) is 40.3 Å². The maximum absolute atomic E-state index is 12.7. The van der Waals surface area contributed by atoms with Crippen LogP contribution in [0.5, 0.6) is 40.2 Å². The Morgan fingerprint density at radius 2 is 1.34 bits per heavy atom. The predicted molar refractivity (Wildman–Crippen MR) is 201 cm³/mol. The van der Waals surface area contributed by atoms with E-state index in [0.717, 1.165) is 53.6 Å². The van der Waals surface area contributed by atoms with E-state index in [1.165, 1.54) is 0 Å².